The number of pyridine rings is 1. The first-order valence-corrected chi connectivity index (χ1v) is 8.40. The Morgan fingerprint density at radius 2 is 1.68 bits per heavy atom. The number of nitrogens with zero attached hydrogens (tertiary/aromatic N) is 1. The topological polar surface area (TPSA) is 65.2 Å². The first kappa shape index (κ1) is 19.4. The predicted octanol–water partition coefficient (Wildman–Crippen LogP) is 4.75. The van der Waals surface area contributed by atoms with Gasteiger partial charge in [-0.25, -0.2) is 0 Å². The molecule has 0 aliphatic heterocycles. The number of aromatic nitrogens is 1. The third-order valence-corrected chi connectivity index (χ3v) is 4.07. The predicted molar refractivity (Wildman–Crippen MR) is 98.7 cm³/mol. The normalized spacial score (nSPS) is 11.3. The number of alkyl halides is 3. The maximum Gasteiger partial charge on any atom is 0.416 e. The summed E-state index contributed by atoms with van der Waals surface area (Å²) in [5.74, 6) is 0.0491. The molecule has 1 aromatic heterocycles. The molecule has 0 atom stereocenters. The van der Waals surface area contributed by atoms with E-state index in [0.29, 0.717) is 22.6 Å². The van der Waals surface area contributed by atoms with Gasteiger partial charge in [-0.05, 0) is 61.0 Å². The van der Waals surface area contributed by atoms with Gasteiger partial charge in [0.25, 0.3) is 0 Å². The molecule has 0 fully saturated rings. The zero-order valence-electron chi connectivity index (χ0n) is 15.0. The van der Waals surface area contributed by atoms with Gasteiger partial charge in [0.15, 0.2) is 0 Å². The van der Waals surface area contributed by atoms with Crippen LogP contribution in [-0.4, -0.2) is 10.9 Å². The van der Waals surface area contributed by atoms with E-state index in [2.05, 4.69) is 4.98 Å². The summed E-state index contributed by atoms with van der Waals surface area (Å²) in [7, 11) is 0. The van der Waals surface area contributed by atoms with Crippen LogP contribution in [0.1, 0.15) is 27.2 Å². The molecule has 144 valence electrons. The number of rotatable bonds is 5. The Labute approximate surface area is 159 Å². The van der Waals surface area contributed by atoms with Crippen molar-refractivity contribution < 1.29 is 22.7 Å². The smallest absolute Gasteiger partial charge is 0.416 e. The van der Waals surface area contributed by atoms with Crippen LogP contribution in [0.5, 0.6) is 5.75 Å². The number of carbonyl (C=O) groups is 1. The van der Waals surface area contributed by atoms with E-state index in [0.717, 1.165) is 23.4 Å². The molecule has 7 heteroatoms. The summed E-state index contributed by atoms with van der Waals surface area (Å²) in [6, 6.07) is 14.9. The number of aryl methyl sites for hydroxylation is 1. The quantitative estimate of drug-likeness (QED) is 0.688. The lowest BCUT2D eigenvalue weighted by molar-refractivity contribution is -0.137. The van der Waals surface area contributed by atoms with Gasteiger partial charge in [0.1, 0.15) is 12.4 Å². The highest BCUT2D eigenvalue weighted by molar-refractivity contribution is 5.92. The molecule has 2 N–H and O–H groups in total. The molecule has 0 spiro atoms. The van der Waals surface area contributed by atoms with Crippen molar-refractivity contribution in [3.8, 4) is 17.0 Å². The summed E-state index contributed by atoms with van der Waals surface area (Å²) in [5, 5.41) is 0. The van der Waals surface area contributed by atoms with Gasteiger partial charge in [-0.2, -0.15) is 13.2 Å². The van der Waals surface area contributed by atoms with Crippen molar-refractivity contribution in [3.05, 3.63) is 83.0 Å². The number of hydrogen-bond donors (Lipinski definition) is 1. The molecule has 4 nitrogen and oxygen atoms in total. The van der Waals surface area contributed by atoms with Crippen molar-refractivity contribution in [2.24, 2.45) is 5.73 Å². The molecule has 0 radical (unpaired) electrons. The van der Waals surface area contributed by atoms with E-state index >= 15 is 0 Å². The van der Waals surface area contributed by atoms with Gasteiger partial charge < -0.3 is 10.5 Å². The third kappa shape index (κ3) is 4.68. The van der Waals surface area contributed by atoms with Crippen LogP contribution >= 0.6 is 0 Å². The van der Waals surface area contributed by atoms with Gasteiger partial charge >= 0.3 is 6.18 Å². The monoisotopic (exact) mass is 386 g/mol. The average Bonchev–Trinajstić information content (AvgIpc) is 2.66. The van der Waals surface area contributed by atoms with E-state index in [9.17, 15) is 18.0 Å². The van der Waals surface area contributed by atoms with Crippen molar-refractivity contribution in [3.63, 3.8) is 0 Å². The zero-order chi connectivity index (χ0) is 20.3. The molecule has 1 amide bonds. The van der Waals surface area contributed by atoms with Gasteiger partial charge in [-0.1, -0.05) is 12.1 Å². The lowest BCUT2D eigenvalue weighted by atomic mass is 10.1. The lowest BCUT2D eigenvalue weighted by Crippen LogP contribution is -2.10. The van der Waals surface area contributed by atoms with Crippen LogP contribution in [0.3, 0.4) is 0 Å². The Morgan fingerprint density at radius 3 is 2.25 bits per heavy atom. The van der Waals surface area contributed by atoms with E-state index in [1.165, 1.54) is 12.1 Å². The fraction of sp³-hybridized carbons (Fsp3) is 0.143. The SMILES string of the molecule is Cc1cc(COc2ccc(C(N)=O)cc2)cc(-c2ccc(C(F)(F)F)cc2)n1. The van der Waals surface area contributed by atoms with Gasteiger partial charge in [0.2, 0.25) is 5.91 Å². The average molecular weight is 386 g/mol. The number of amides is 1. The highest BCUT2D eigenvalue weighted by Crippen LogP contribution is 2.31. The zero-order valence-corrected chi connectivity index (χ0v) is 15.0. The number of ether oxygens (including phenoxy) is 1. The van der Waals surface area contributed by atoms with Crippen LogP contribution in [0.2, 0.25) is 0 Å². The first-order valence-electron chi connectivity index (χ1n) is 8.40. The molecule has 0 unspecified atom stereocenters. The molecule has 0 aliphatic carbocycles. The van der Waals surface area contributed by atoms with E-state index in [1.54, 1.807) is 37.3 Å². The minimum atomic E-state index is -4.37. The second-order valence-corrected chi connectivity index (χ2v) is 6.25. The molecule has 0 aliphatic rings. The minimum absolute atomic E-state index is 0.243. The Hall–Kier alpha value is -3.35. The van der Waals surface area contributed by atoms with Crippen molar-refractivity contribution in [2.75, 3.05) is 0 Å². The number of nitrogens with two attached hydrogens (primary N) is 1. The molecule has 0 saturated heterocycles. The molecular weight excluding hydrogens is 369 g/mol. The van der Waals surface area contributed by atoms with Crippen molar-refractivity contribution in [1.82, 2.24) is 4.98 Å². The fourth-order valence-electron chi connectivity index (χ4n) is 2.68. The van der Waals surface area contributed by atoms with E-state index in [1.807, 2.05) is 6.07 Å². The molecule has 2 aromatic carbocycles. The summed E-state index contributed by atoms with van der Waals surface area (Å²) < 4.78 is 43.9. The van der Waals surface area contributed by atoms with Crippen LogP contribution in [0.25, 0.3) is 11.3 Å². The largest absolute Gasteiger partial charge is 0.489 e. The molecular formula is C21H17F3N2O2. The van der Waals surface area contributed by atoms with Crippen LogP contribution in [0.15, 0.2) is 60.7 Å². The maximum absolute atomic E-state index is 12.7. The van der Waals surface area contributed by atoms with E-state index in [-0.39, 0.29) is 6.61 Å². The third-order valence-electron chi connectivity index (χ3n) is 4.07. The number of hydrogen-bond acceptors (Lipinski definition) is 3. The highest BCUT2D eigenvalue weighted by atomic mass is 19.4. The Morgan fingerprint density at radius 1 is 1.04 bits per heavy atom. The number of benzene rings is 2. The summed E-state index contributed by atoms with van der Waals surface area (Å²) in [5.41, 5.74) is 7.58. The highest BCUT2D eigenvalue weighted by Gasteiger charge is 2.30. The Balaban J connectivity index is 1.77. The molecule has 3 aromatic rings. The standard InChI is InChI=1S/C21H17F3N2O2/c1-13-10-14(12-28-18-8-4-16(5-9-18)20(25)27)11-19(26-13)15-2-6-17(7-3-15)21(22,23)24/h2-11H,12H2,1H3,(H2,25,27). The Kier molecular flexibility index (Phi) is 5.35. The summed E-state index contributed by atoms with van der Waals surface area (Å²) in [4.78, 5) is 15.5. The van der Waals surface area contributed by atoms with E-state index in [4.69, 9.17) is 10.5 Å². The lowest BCUT2D eigenvalue weighted by Gasteiger charge is -2.11. The van der Waals surface area contributed by atoms with Gasteiger partial charge in [-0.3, -0.25) is 9.78 Å². The van der Waals surface area contributed by atoms with E-state index < -0.39 is 17.6 Å². The summed E-state index contributed by atoms with van der Waals surface area (Å²) >= 11 is 0. The van der Waals surface area contributed by atoms with Crippen molar-refractivity contribution >= 4 is 5.91 Å². The minimum Gasteiger partial charge on any atom is -0.489 e. The second-order valence-electron chi connectivity index (χ2n) is 6.25. The summed E-state index contributed by atoms with van der Waals surface area (Å²) in [6.45, 7) is 2.05. The van der Waals surface area contributed by atoms with Crippen molar-refractivity contribution in [1.29, 1.82) is 0 Å². The number of halogens is 3. The first-order chi connectivity index (χ1) is 13.2. The number of carbonyl (C=O) groups excluding carboxylic acids is 1. The summed E-state index contributed by atoms with van der Waals surface area (Å²) in [6.07, 6.45) is -4.37. The van der Waals surface area contributed by atoms with Crippen LogP contribution in [0, 0.1) is 6.92 Å². The molecule has 28 heavy (non-hydrogen) atoms. The van der Waals surface area contributed by atoms with Gasteiger partial charge in [0.05, 0.1) is 11.3 Å². The molecule has 0 bridgehead atoms. The van der Waals surface area contributed by atoms with Gasteiger partial charge in [-0.15, -0.1) is 0 Å². The van der Waals surface area contributed by atoms with Crippen molar-refractivity contribution in [2.45, 2.75) is 19.7 Å². The van der Waals surface area contributed by atoms with Crippen LogP contribution < -0.4 is 10.5 Å². The number of primary amides is 1. The maximum atomic E-state index is 12.7. The van der Waals surface area contributed by atoms with Crippen LogP contribution in [-0.2, 0) is 12.8 Å². The van der Waals surface area contributed by atoms with Gasteiger partial charge in [0, 0.05) is 16.8 Å². The Bertz CT molecular complexity index is 982. The molecule has 3 rings (SSSR count). The fourth-order valence-corrected chi connectivity index (χ4v) is 2.68. The molecule has 1 heterocycles. The van der Waals surface area contributed by atoms with Crippen LogP contribution in [0.4, 0.5) is 13.2 Å². The molecule has 0 saturated carbocycles. The second kappa shape index (κ2) is 7.72.